The lowest BCUT2D eigenvalue weighted by Gasteiger charge is -2.07. The van der Waals surface area contributed by atoms with Gasteiger partial charge in [-0.1, -0.05) is 90.1 Å². The van der Waals surface area contributed by atoms with Gasteiger partial charge in [0.05, 0.1) is 16.7 Å². The van der Waals surface area contributed by atoms with Gasteiger partial charge in [-0.05, 0) is 88.0 Å². The van der Waals surface area contributed by atoms with Gasteiger partial charge < -0.3 is 0 Å². The summed E-state index contributed by atoms with van der Waals surface area (Å²) in [5.41, 5.74) is 5.11. The minimum Gasteiger partial charge on any atom is -0.264 e. The van der Waals surface area contributed by atoms with Crippen LogP contribution in [0.5, 0.6) is 0 Å². The lowest BCUT2D eigenvalue weighted by atomic mass is 10.0. The molecule has 3 aromatic heterocycles. The van der Waals surface area contributed by atoms with Crippen molar-refractivity contribution in [1.29, 1.82) is 0 Å². The molecular weight excluding hydrogens is 640 g/mol. The van der Waals surface area contributed by atoms with Crippen molar-refractivity contribution >= 4 is 0 Å². The van der Waals surface area contributed by atoms with Crippen molar-refractivity contribution in [3.05, 3.63) is 197 Å². The van der Waals surface area contributed by atoms with E-state index < -0.39 is 34.1 Å². The van der Waals surface area contributed by atoms with Crippen LogP contribution in [0, 0.1) is 53.0 Å². The van der Waals surface area contributed by atoms with Crippen molar-refractivity contribution in [1.82, 2.24) is 15.0 Å². The van der Waals surface area contributed by atoms with Gasteiger partial charge in [0.1, 0.15) is 0 Å². The molecule has 240 valence electrons. The molecule has 3 heterocycles. The lowest BCUT2D eigenvalue weighted by Crippen LogP contribution is -2.04. The number of hydrogen-bond donors (Lipinski definition) is 0. The molecule has 0 bridgehead atoms. The molecule has 51 heavy (non-hydrogen) atoms. The van der Waals surface area contributed by atoms with E-state index in [1.54, 1.807) is 73.6 Å². The number of nitrogens with zero attached hydrogens (tertiary/aromatic N) is 3. The quantitative estimate of drug-likeness (QED) is 0.177. The summed E-state index contributed by atoms with van der Waals surface area (Å²) in [6, 6.07) is 32.7. The third-order valence-corrected chi connectivity index (χ3v) is 7.95. The maximum Gasteiger partial charge on any atom is 0.160 e. The van der Waals surface area contributed by atoms with Crippen molar-refractivity contribution in [2.24, 2.45) is 0 Å². The highest BCUT2D eigenvalue weighted by Crippen LogP contribution is 2.26. The van der Waals surface area contributed by atoms with Gasteiger partial charge in [0.2, 0.25) is 0 Å². The van der Waals surface area contributed by atoms with Gasteiger partial charge in [-0.3, -0.25) is 15.0 Å². The lowest BCUT2D eigenvalue weighted by molar-refractivity contribution is 0.531. The van der Waals surface area contributed by atoms with Gasteiger partial charge in [0.15, 0.2) is 17.5 Å². The molecule has 0 spiro atoms. The highest BCUT2D eigenvalue weighted by Gasteiger charge is 2.23. The number of aromatic nitrogens is 3. The first-order valence-corrected chi connectivity index (χ1v) is 15.8. The van der Waals surface area contributed by atoms with Crippen molar-refractivity contribution in [2.75, 3.05) is 0 Å². The van der Waals surface area contributed by atoms with Crippen LogP contribution < -0.4 is 0 Å². The molecule has 0 N–H and O–H groups in total. The zero-order chi connectivity index (χ0) is 35.0. The van der Waals surface area contributed by atoms with Crippen LogP contribution in [-0.4, -0.2) is 15.0 Å². The van der Waals surface area contributed by atoms with Crippen LogP contribution in [0.15, 0.2) is 146 Å². The molecule has 0 amide bonds. The van der Waals surface area contributed by atoms with E-state index in [0.717, 1.165) is 33.4 Å². The summed E-state index contributed by atoms with van der Waals surface area (Å²) in [6.07, 6.45) is 10.3. The van der Waals surface area contributed by atoms with Gasteiger partial charge >= 0.3 is 0 Å². The molecule has 7 rings (SSSR count). The fourth-order valence-electron chi connectivity index (χ4n) is 5.24. The topological polar surface area (TPSA) is 38.7 Å². The zero-order valence-electron chi connectivity index (χ0n) is 26.8. The molecule has 7 aromatic rings. The Hall–Kier alpha value is -7.20. The minimum atomic E-state index is -1.20. The van der Waals surface area contributed by atoms with Crippen molar-refractivity contribution in [2.45, 2.75) is 0 Å². The Morgan fingerprint density at radius 3 is 0.824 bits per heavy atom. The number of pyridine rings is 3. The van der Waals surface area contributed by atoms with E-state index in [0.29, 0.717) is 16.7 Å². The van der Waals surface area contributed by atoms with E-state index in [-0.39, 0.29) is 0 Å². The zero-order valence-corrected chi connectivity index (χ0v) is 26.8. The van der Waals surface area contributed by atoms with Gasteiger partial charge in [-0.25, -0.2) is 13.2 Å². The predicted molar refractivity (Wildman–Crippen MR) is 193 cm³/mol. The van der Waals surface area contributed by atoms with Crippen LogP contribution >= 0.6 is 0 Å². The number of hydrogen-bond acceptors (Lipinski definition) is 3. The van der Waals surface area contributed by atoms with Gasteiger partial charge in [0.25, 0.3) is 0 Å². The van der Waals surface area contributed by atoms with Crippen molar-refractivity contribution in [3.8, 4) is 68.9 Å². The molecule has 0 unspecified atom stereocenters. The van der Waals surface area contributed by atoms with Gasteiger partial charge in [-0.2, -0.15) is 0 Å². The van der Waals surface area contributed by atoms with E-state index in [2.05, 4.69) is 50.5 Å². The molecule has 6 heteroatoms. The highest BCUT2D eigenvalue weighted by molar-refractivity contribution is 5.66. The molecule has 0 aliphatic carbocycles. The van der Waals surface area contributed by atoms with Crippen molar-refractivity contribution in [3.63, 3.8) is 0 Å². The summed E-state index contributed by atoms with van der Waals surface area (Å²) in [4.78, 5) is 12.4. The van der Waals surface area contributed by atoms with E-state index in [4.69, 9.17) is 0 Å². The predicted octanol–water partition coefficient (Wildman–Crippen LogP) is 9.49. The fourth-order valence-corrected chi connectivity index (χ4v) is 5.24. The highest BCUT2D eigenvalue weighted by atomic mass is 19.1. The van der Waals surface area contributed by atoms with E-state index in [1.807, 2.05) is 72.8 Å². The second-order valence-electron chi connectivity index (χ2n) is 11.3. The first-order valence-electron chi connectivity index (χ1n) is 15.8. The first-order chi connectivity index (χ1) is 25.0. The normalized spacial score (nSPS) is 10.2. The summed E-state index contributed by atoms with van der Waals surface area (Å²) >= 11 is 0. The van der Waals surface area contributed by atoms with Crippen LogP contribution in [-0.2, 0) is 0 Å². The molecule has 3 nitrogen and oxygen atoms in total. The molecule has 0 fully saturated rings. The Kier molecular flexibility index (Phi) is 9.46. The smallest absolute Gasteiger partial charge is 0.160 e. The fraction of sp³-hybridized carbons (Fsp3) is 0. The maximum atomic E-state index is 16.0. The Bertz CT molecular complexity index is 2210. The summed E-state index contributed by atoms with van der Waals surface area (Å²) < 4.78 is 47.9. The Balaban J connectivity index is 1.26. The van der Waals surface area contributed by atoms with E-state index in [9.17, 15) is 0 Å². The Morgan fingerprint density at radius 1 is 0.314 bits per heavy atom. The largest absolute Gasteiger partial charge is 0.264 e. The maximum absolute atomic E-state index is 16.0. The van der Waals surface area contributed by atoms with E-state index >= 15 is 13.2 Å². The SMILES string of the molecule is Fc1c(C#Cc2ccc(-c3cccnc3)cc2)c(F)c(C#Cc2ccc(-c3cccnc3)cc2)c(F)c1C#Cc1ccc(-c2cccnc2)cc1. The average Bonchev–Trinajstić information content (AvgIpc) is 3.19. The van der Waals surface area contributed by atoms with Gasteiger partial charge in [-0.15, -0.1) is 0 Å². The third-order valence-electron chi connectivity index (χ3n) is 7.95. The summed E-state index contributed by atoms with van der Waals surface area (Å²) in [7, 11) is 0. The number of rotatable bonds is 3. The van der Waals surface area contributed by atoms with Crippen LogP contribution in [0.1, 0.15) is 33.4 Å². The second-order valence-corrected chi connectivity index (χ2v) is 11.3. The monoisotopic (exact) mass is 663 g/mol. The molecule has 0 aliphatic rings. The second kappa shape index (κ2) is 14.9. The third kappa shape index (κ3) is 7.45. The molecule has 0 radical (unpaired) electrons. The van der Waals surface area contributed by atoms with Crippen LogP contribution in [0.2, 0.25) is 0 Å². The summed E-state index contributed by atoms with van der Waals surface area (Å²) in [6.45, 7) is 0. The molecule has 0 aliphatic heterocycles. The van der Waals surface area contributed by atoms with Crippen molar-refractivity contribution < 1.29 is 13.2 Å². The number of benzene rings is 4. The van der Waals surface area contributed by atoms with Crippen LogP contribution in [0.3, 0.4) is 0 Å². The standard InChI is InChI=1S/C45H24F3N3/c46-43-40(22-13-31-7-16-34(17-8-31)37-4-1-25-49-28-37)44(47)42(24-15-33-11-20-36(21-12-33)39-6-3-27-51-30-39)45(48)41(43)23-14-32-9-18-35(19-10-32)38-5-2-26-50-29-38/h1-12,16-21,25-30H. The first kappa shape index (κ1) is 32.4. The Morgan fingerprint density at radius 2 is 0.588 bits per heavy atom. The molecular formula is C45H24F3N3. The van der Waals surface area contributed by atoms with E-state index in [1.165, 1.54) is 0 Å². The molecule has 4 aromatic carbocycles. The summed E-state index contributed by atoms with van der Waals surface area (Å²) in [5.74, 6) is 12.6. The Labute approximate surface area is 293 Å². The molecule has 0 saturated carbocycles. The summed E-state index contributed by atoms with van der Waals surface area (Å²) in [5, 5.41) is 0. The molecule has 0 atom stereocenters. The van der Waals surface area contributed by atoms with Gasteiger partial charge in [0, 0.05) is 53.9 Å². The minimum absolute atomic E-state index is 0.508. The average molecular weight is 664 g/mol. The van der Waals surface area contributed by atoms with Crippen LogP contribution in [0.25, 0.3) is 33.4 Å². The number of halogens is 3. The molecule has 0 saturated heterocycles. The van der Waals surface area contributed by atoms with Crippen LogP contribution in [0.4, 0.5) is 13.2 Å².